The lowest BCUT2D eigenvalue weighted by Gasteiger charge is -2.20. The number of rotatable bonds is 1. The van der Waals surface area contributed by atoms with Gasteiger partial charge < -0.3 is 5.32 Å². The highest BCUT2D eigenvalue weighted by Gasteiger charge is 2.23. The Kier molecular flexibility index (Phi) is 4.47. The molecule has 2 nitrogen and oxygen atoms in total. The minimum atomic E-state index is -0.777. The molecule has 0 radical (unpaired) electrons. The molecule has 0 amide bonds. The summed E-state index contributed by atoms with van der Waals surface area (Å²) in [6, 6.07) is 5.88. The van der Waals surface area contributed by atoms with E-state index in [1.54, 1.807) is 6.07 Å². The molecule has 94 valence electrons. The molecule has 2 rings (SSSR count). The van der Waals surface area contributed by atoms with Gasteiger partial charge in [-0.3, -0.25) is 4.21 Å². The fourth-order valence-corrected chi connectivity index (χ4v) is 3.99. The monoisotopic (exact) mass is 291 g/mol. The van der Waals surface area contributed by atoms with Gasteiger partial charge in [0, 0.05) is 44.4 Å². The minimum absolute atomic E-state index is 0.0538. The van der Waals surface area contributed by atoms with Crippen LogP contribution in [0.3, 0.4) is 0 Å². The van der Waals surface area contributed by atoms with Gasteiger partial charge in [-0.1, -0.05) is 29.3 Å². The van der Waals surface area contributed by atoms with E-state index >= 15 is 0 Å². The van der Waals surface area contributed by atoms with E-state index in [9.17, 15) is 4.21 Å². The fourth-order valence-electron chi connectivity index (χ4n) is 2.02. The van der Waals surface area contributed by atoms with E-state index in [1.165, 1.54) is 0 Å². The van der Waals surface area contributed by atoms with Gasteiger partial charge in [0.05, 0.1) is 0 Å². The zero-order valence-corrected chi connectivity index (χ0v) is 11.9. The Morgan fingerprint density at radius 1 is 1.41 bits per heavy atom. The summed E-state index contributed by atoms with van der Waals surface area (Å²) < 4.78 is 11.8. The van der Waals surface area contributed by atoms with Gasteiger partial charge in [-0.25, -0.2) is 0 Å². The van der Waals surface area contributed by atoms with Crippen LogP contribution >= 0.6 is 23.2 Å². The van der Waals surface area contributed by atoms with Crippen molar-refractivity contribution in [3.05, 3.63) is 33.8 Å². The summed E-state index contributed by atoms with van der Waals surface area (Å²) in [4.78, 5) is 0. The average molecular weight is 292 g/mol. The second-order valence-electron chi connectivity index (χ2n) is 4.39. The van der Waals surface area contributed by atoms with Gasteiger partial charge in [0.2, 0.25) is 0 Å². The Morgan fingerprint density at radius 3 is 2.88 bits per heavy atom. The Labute approximate surface area is 114 Å². The highest BCUT2D eigenvalue weighted by Crippen LogP contribution is 2.28. The van der Waals surface area contributed by atoms with Crippen LogP contribution in [0.4, 0.5) is 0 Å². The Morgan fingerprint density at radius 2 is 2.18 bits per heavy atom. The molecule has 0 saturated carbocycles. The third kappa shape index (κ3) is 3.44. The third-order valence-electron chi connectivity index (χ3n) is 2.95. The zero-order valence-electron chi connectivity index (χ0n) is 9.58. The predicted octanol–water partition coefficient (Wildman–Crippen LogP) is 3.17. The van der Waals surface area contributed by atoms with Crippen LogP contribution in [-0.2, 0) is 10.8 Å². The Balaban J connectivity index is 2.27. The summed E-state index contributed by atoms with van der Waals surface area (Å²) in [6.45, 7) is 2.11. The van der Waals surface area contributed by atoms with Crippen LogP contribution in [-0.4, -0.2) is 21.8 Å². The van der Waals surface area contributed by atoms with Crippen LogP contribution in [0.5, 0.6) is 0 Å². The fraction of sp³-hybridized carbons (Fsp3) is 0.500. The second-order valence-corrected chi connectivity index (χ2v) is 6.85. The van der Waals surface area contributed by atoms with Gasteiger partial charge in [0.25, 0.3) is 0 Å². The summed E-state index contributed by atoms with van der Waals surface area (Å²) in [5, 5.41) is 4.73. The normalized spacial score (nSPS) is 29.9. The van der Waals surface area contributed by atoms with Gasteiger partial charge in [0.1, 0.15) is 0 Å². The number of halogens is 2. The largest absolute Gasteiger partial charge is 0.307 e. The molecule has 1 aliphatic rings. The molecule has 0 aromatic heterocycles. The van der Waals surface area contributed by atoms with E-state index in [0.29, 0.717) is 21.8 Å². The van der Waals surface area contributed by atoms with Crippen LogP contribution in [0.25, 0.3) is 0 Å². The first-order valence-corrected chi connectivity index (χ1v) is 7.86. The van der Waals surface area contributed by atoms with Crippen LogP contribution < -0.4 is 5.32 Å². The Hall–Kier alpha value is -0.0900. The molecular weight excluding hydrogens is 277 g/mol. The zero-order chi connectivity index (χ0) is 12.4. The first kappa shape index (κ1) is 13.3. The van der Waals surface area contributed by atoms with Crippen LogP contribution in [0.1, 0.15) is 24.9 Å². The van der Waals surface area contributed by atoms with Crippen molar-refractivity contribution in [1.82, 2.24) is 5.32 Å². The summed E-state index contributed by atoms with van der Waals surface area (Å²) in [6.07, 6.45) is 0.939. The molecule has 1 heterocycles. The topological polar surface area (TPSA) is 29.1 Å². The third-order valence-corrected chi connectivity index (χ3v) is 4.91. The molecule has 1 fully saturated rings. The van der Waals surface area contributed by atoms with Gasteiger partial charge in [-0.2, -0.15) is 0 Å². The van der Waals surface area contributed by atoms with E-state index in [1.807, 2.05) is 12.1 Å². The lowest BCUT2D eigenvalue weighted by Crippen LogP contribution is -2.30. The van der Waals surface area contributed by atoms with Crippen LogP contribution in [0.15, 0.2) is 18.2 Å². The lowest BCUT2D eigenvalue weighted by atomic mass is 10.1. The summed E-state index contributed by atoms with van der Waals surface area (Å²) in [7, 11) is -0.777. The maximum atomic E-state index is 11.8. The van der Waals surface area contributed by atoms with Crippen molar-refractivity contribution >= 4 is 34.0 Å². The lowest BCUT2D eigenvalue weighted by molar-refractivity contribution is 0.485. The van der Waals surface area contributed by atoms with E-state index in [0.717, 1.165) is 17.7 Å². The maximum Gasteiger partial charge on any atom is 0.0468 e. The molecule has 5 heteroatoms. The second kappa shape index (κ2) is 5.70. The van der Waals surface area contributed by atoms with E-state index in [2.05, 4.69) is 12.2 Å². The molecule has 3 atom stereocenters. The Bertz CT molecular complexity index is 439. The molecule has 1 aromatic rings. The summed E-state index contributed by atoms with van der Waals surface area (Å²) in [5.74, 6) is 1.38. The number of benzene rings is 1. The molecule has 1 aromatic carbocycles. The van der Waals surface area contributed by atoms with Crippen molar-refractivity contribution in [3.8, 4) is 0 Å². The van der Waals surface area contributed by atoms with Crippen molar-refractivity contribution in [3.63, 3.8) is 0 Å². The van der Waals surface area contributed by atoms with E-state index < -0.39 is 10.8 Å². The van der Waals surface area contributed by atoms with Crippen LogP contribution in [0.2, 0.25) is 10.0 Å². The highest BCUT2D eigenvalue weighted by atomic mass is 35.5. The summed E-state index contributed by atoms with van der Waals surface area (Å²) in [5.41, 5.74) is 0.984. The molecule has 1 saturated heterocycles. The number of hydrogen-bond acceptors (Lipinski definition) is 2. The molecule has 1 N–H and O–H groups in total. The summed E-state index contributed by atoms with van der Waals surface area (Å²) >= 11 is 12.1. The van der Waals surface area contributed by atoms with Gasteiger partial charge in [0.15, 0.2) is 0 Å². The van der Waals surface area contributed by atoms with Gasteiger partial charge in [-0.05, 0) is 31.0 Å². The first-order valence-electron chi connectivity index (χ1n) is 5.62. The molecule has 17 heavy (non-hydrogen) atoms. The number of nitrogens with one attached hydrogen (secondary N) is 1. The number of hydrogen-bond donors (Lipinski definition) is 1. The minimum Gasteiger partial charge on any atom is -0.307 e. The SMILES string of the molecule is CC1CCS(=O)CC(c2ccc(Cl)cc2Cl)N1. The predicted molar refractivity (Wildman–Crippen MR) is 74.3 cm³/mol. The molecular formula is C12H15Cl2NOS. The molecule has 0 aliphatic carbocycles. The van der Waals surface area contributed by atoms with Gasteiger partial charge >= 0.3 is 0 Å². The molecule has 1 aliphatic heterocycles. The van der Waals surface area contributed by atoms with E-state index in [-0.39, 0.29) is 6.04 Å². The van der Waals surface area contributed by atoms with E-state index in [4.69, 9.17) is 23.2 Å². The average Bonchev–Trinajstić information content (AvgIpc) is 2.40. The molecule has 3 unspecified atom stereocenters. The first-order chi connectivity index (χ1) is 8.06. The standard InChI is InChI=1S/C12H15Cl2NOS/c1-8-4-5-17(16)7-12(15-8)10-3-2-9(13)6-11(10)14/h2-3,6,8,12,15H,4-5,7H2,1H3. The van der Waals surface area contributed by atoms with Crippen molar-refractivity contribution in [2.75, 3.05) is 11.5 Å². The van der Waals surface area contributed by atoms with Crippen molar-refractivity contribution in [1.29, 1.82) is 0 Å². The molecule has 0 spiro atoms. The van der Waals surface area contributed by atoms with Crippen molar-refractivity contribution in [2.45, 2.75) is 25.4 Å². The van der Waals surface area contributed by atoms with Gasteiger partial charge in [-0.15, -0.1) is 0 Å². The smallest absolute Gasteiger partial charge is 0.0468 e. The maximum absolute atomic E-state index is 11.8. The van der Waals surface area contributed by atoms with Crippen molar-refractivity contribution < 1.29 is 4.21 Å². The highest BCUT2D eigenvalue weighted by molar-refractivity contribution is 7.85. The van der Waals surface area contributed by atoms with Crippen molar-refractivity contribution in [2.24, 2.45) is 0 Å². The van der Waals surface area contributed by atoms with Crippen LogP contribution in [0, 0.1) is 0 Å². The molecule has 0 bridgehead atoms. The quantitative estimate of drug-likeness (QED) is 0.861.